The first kappa shape index (κ1) is 16.5. The van der Waals surface area contributed by atoms with Gasteiger partial charge in [-0.3, -0.25) is 0 Å². The fraction of sp³-hybridized carbons (Fsp3) is 0.625. The minimum Gasteiger partial charge on any atom is -0.326 e. The topological polar surface area (TPSA) is 72.2 Å². The summed E-state index contributed by atoms with van der Waals surface area (Å²) >= 11 is 0. The molecule has 5 heteroatoms. The van der Waals surface area contributed by atoms with Crippen LogP contribution in [0.1, 0.15) is 50.2 Å². The van der Waals surface area contributed by atoms with Gasteiger partial charge in [-0.05, 0) is 42.9 Å². The summed E-state index contributed by atoms with van der Waals surface area (Å²) in [7, 11) is -3.44. The van der Waals surface area contributed by atoms with E-state index in [9.17, 15) is 8.42 Å². The third kappa shape index (κ3) is 4.05. The van der Waals surface area contributed by atoms with Crippen LogP contribution in [0, 0.1) is 12.8 Å². The molecular weight excluding hydrogens is 284 g/mol. The first-order chi connectivity index (χ1) is 9.96. The van der Waals surface area contributed by atoms with E-state index >= 15 is 0 Å². The van der Waals surface area contributed by atoms with Crippen LogP contribution in [0.3, 0.4) is 0 Å². The molecular formula is C16H26N2O2S. The van der Waals surface area contributed by atoms with Crippen molar-refractivity contribution in [2.75, 3.05) is 0 Å². The maximum Gasteiger partial charge on any atom is 0.241 e. The highest BCUT2D eigenvalue weighted by Gasteiger charge is 2.26. The summed E-state index contributed by atoms with van der Waals surface area (Å²) in [4.78, 5) is 0.373. The van der Waals surface area contributed by atoms with Gasteiger partial charge in [0.2, 0.25) is 10.0 Å². The average Bonchev–Trinajstić information content (AvgIpc) is 2.46. The van der Waals surface area contributed by atoms with Crippen molar-refractivity contribution in [3.63, 3.8) is 0 Å². The Morgan fingerprint density at radius 2 is 2.10 bits per heavy atom. The van der Waals surface area contributed by atoms with Crippen molar-refractivity contribution in [3.8, 4) is 0 Å². The summed E-state index contributed by atoms with van der Waals surface area (Å²) in [5.74, 6) is 0.646. The Labute approximate surface area is 128 Å². The molecule has 1 aromatic rings. The number of hydrogen-bond donors (Lipinski definition) is 2. The molecule has 0 aliphatic heterocycles. The van der Waals surface area contributed by atoms with Crippen LogP contribution >= 0.6 is 0 Å². The molecule has 21 heavy (non-hydrogen) atoms. The largest absolute Gasteiger partial charge is 0.326 e. The Balaban J connectivity index is 2.14. The van der Waals surface area contributed by atoms with Crippen molar-refractivity contribution >= 4 is 10.0 Å². The molecule has 0 amide bonds. The zero-order chi connectivity index (χ0) is 15.5. The molecule has 0 heterocycles. The summed E-state index contributed by atoms with van der Waals surface area (Å²) in [6.07, 6.45) is 5.35. The smallest absolute Gasteiger partial charge is 0.241 e. The predicted octanol–water partition coefficient (Wildman–Crippen LogP) is 2.70. The second-order valence-corrected chi connectivity index (χ2v) is 7.75. The molecule has 3 N–H and O–H groups in total. The molecule has 118 valence electrons. The average molecular weight is 310 g/mol. The third-order valence-corrected chi connectivity index (χ3v) is 6.13. The lowest BCUT2D eigenvalue weighted by Gasteiger charge is -2.29. The molecule has 2 rings (SSSR count). The van der Waals surface area contributed by atoms with Crippen LogP contribution in [0.5, 0.6) is 0 Å². The summed E-state index contributed by atoms with van der Waals surface area (Å²) in [6, 6.07) is 5.38. The number of aryl methyl sites for hydroxylation is 1. The molecule has 1 aromatic carbocycles. The van der Waals surface area contributed by atoms with E-state index in [4.69, 9.17) is 5.73 Å². The Bertz CT molecular complexity index is 584. The van der Waals surface area contributed by atoms with Gasteiger partial charge in [0, 0.05) is 12.6 Å². The molecule has 1 saturated carbocycles. The SMILES string of the molecule is CCC1CCCC(NS(=O)(=O)c2ccc(CN)cc2C)C1. The van der Waals surface area contributed by atoms with E-state index in [1.807, 2.05) is 13.0 Å². The van der Waals surface area contributed by atoms with Gasteiger partial charge in [0.05, 0.1) is 4.90 Å². The van der Waals surface area contributed by atoms with Crippen LogP contribution in [0.25, 0.3) is 0 Å². The molecule has 0 spiro atoms. The fourth-order valence-corrected chi connectivity index (χ4v) is 4.70. The Hall–Kier alpha value is -0.910. The van der Waals surface area contributed by atoms with E-state index in [-0.39, 0.29) is 6.04 Å². The van der Waals surface area contributed by atoms with Crippen LogP contribution in [0.2, 0.25) is 0 Å². The molecule has 0 bridgehead atoms. The van der Waals surface area contributed by atoms with E-state index in [0.29, 0.717) is 17.4 Å². The zero-order valence-electron chi connectivity index (χ0n) is 12.9. The standard InChI is InChI=1S/C16H26N2O2S/c1-3-13-5-4-6-15(10-13)18-21(19,20)16-8-7-14(11-17)9-12(16)2/h7-9,13,15,18H,3-6,10-11,17H2,1-2H3. The monoisotopic (exact) mass is 310 g/mol. The van der Waals surface area contributed by atoms with E-state index in [2.05, 4.69) is 11.6 Å². The Morgan fingerprint density at radius 1 is 1.33 bits per heavy atom. The molecule has 2 unspecified atom stereocenters. The van der Waals surface area contributed by atoms with Gasteiger partial charge in [-0.15, -0.1) is 0 Å². The lowest BCUT2D eigenvalue weighted by molar-refractivity contribution is 0.301. The lowest BCUT2D eigenvalue weighted by Crippen LogP contribution is -2.38. The minimum atomic E-state index is -3.44. The predicted molar refractivity (Wildman–Crippen MR) is 85.4 cm³/mol. The Kier molecular flexibility index (Phi) is 5.41. The van der Waals surface area contributed by atoms with Crippen molar-refractivity contribution in [3.05, 3.63) is 29.3 Å². The second-order valence-electron chi connectivity index (χ2n) is 6.06. The van der Waals surface area contributed by atoms with E-state index < -0.39 is 10.0 Å². The van der Waals surface area contributed by atoms with Crippen LogP contribution in [-0.4, -0.2) is 14.5 Å². The molecule has 2 atom stereocenters. The van der Waals surface area contributed by atoms with Crippen LogP contribution in [0.4, 0.5) is 0 Å². The summed E-state index contributed by atoms with van der Waals surface area (Å²) in [5, 5.41) is 0. The van der Waals surface area contributed by atoms with Crippen molar-refractivity contribution in [2.45, 2.75) is 63.4 Å². The summed E-state index contributed by atoms with van der Waals surface area (Å²) in [5.41, 5.74) is 7.30. The first-order valence-electron chi connectivity index (χ1n) is 7.78. The van der Waals surface area contributed by atoms with Crippen molar-refractivity contribution in [1.29, 1.82) is 0 Å². The highest BCUT2D eigenvalue weighted by Crippen LogP contribution is 2.28. The molecule has 0 aromatic heterocycles. The maximum absolute atomic E-state index is 12.6. The van der Waals surface area contributed by atoms with Gasteiger partial charge in [-0.1, -0.05) is 38.3 Å². The quantitative estimate of drug-likeness (QED) is 0.878. The maximum atomic E-state index is 12.6. The van der Waals surface area contributed by atoms with Crippen molar-refractivity contribution in [2.24, 2.45) is 11.7 Å². The normalized spacial score (nSPS) is 23.2. The van der Waals surface area contributed by atoms with Gasteiger partial charge in [0.1, 0.15) is 0 Å². The summed E-state index contributed by atoms with van der Waals surface area (Å²) < 4.78 is 28.0. The van der Waals surface area contributed by atoms with Gasteiger partial charge < -0.3 is 5.73 Å². The van der Waals surface area contributed by atoms with E-state index in [1.165, 1.54) is 6.42 Å². The lowest BCUT2D eigenvalue weighted by atomic mass is 9.85. The van der Waals surface area contributed by atoms with Crippen molar-refractivity contribution < 1.29 is 8.42 Å². The molecule has 0 saturated heterocycles. The van der Waals surface area contributed by atoms with Crippen LogP contribution < -0.4 is 10.5 Å². The zero-order valence-corrected chi connectivity index (χ0v) is 13.7. The number of nitrogens with two attached hydrogens (primary N) is 1. The molecule has 1 fully saturated rings. The van der Waals surface area contributed by atoms with Gasteiger partial charge in [-0.2, -0.15) is 0 Å². The number of rotatable bonds is 5. The van der Waals surface area contributed by atoms with Gasteiger partial charge in [0.15, 0.2) is 0 Å². The second kappa shape index (κ2) is 6.90. The molecule has 1 aliphatic carbocycles. The number of nitrogens with one attached hydrogen (secondary N) is 1. The third-order valence-electron chi connectivity index (χ3n) is 4.45. The first-order valence-corrected chi connectivity index (χ1v) is 9.26. The van der Waals surface area contributed by atoms with Gasteiger partial charge in [-0.25, -0.2) is 13.1 Å². The highest BCUT2D eigenvalue weighted by molar-refractivity contribution is 7.89. The van der Waals surface area contributed by atoms with Crippen LogP contribution in [0.15, 0.2) is 23.1 Å². The highest BCUT2D eigenvalue weighted by atomic mass is 32.2. The molecule has 1 aliphatic rings. The van der Waals surface area contributed by atoms with Gasteiger partial charge in [0.25, 0.3) is 0 Å². The van der Waals surface area contributed by atoms with E-state index in [0.717, 1.165) is 36.8 Å². The minimum absolute atomic E-state index is 0.0716. The number of hydrogen-bond acceptors (Lipinski definition) is 3. The Morgan fingerprint density at radius 3 is 2.71 bits per heavy atom. The molecule has 0 radical (unpaired) electrons. The number of sulfonamides is 1. The molecule has 4 nitrogen and oxygen atoms in total. The summed E-state index contributed by atoms with van der Waals surface area (Å²) in [6.45, 7) is 4.43. The van der Waals surface area contributed by atoms with Gasteiger partial charge >= 0.3 is 0 Å². The van der Waals surface area contributed by atoms with E-state index in [1.54, 1.807) is 12.1 Å². The number of benzene rings is 1. The van der Waals surface area contributed by atoms with Crippen LogP contribution in [-0.2, 0) is 16.6 Å². The van der Waals surface area contributed by atoms with Crippen molar-refractivity contribution in [1.82, 2.24) is 4.72 Å². The fourth-order valence-electron chi connectivity index (χ4n) is 3.19.